The number of thioether (sulfide) groups is 1. The molecule has 0 radical (unpaired) electrons. The van der Waals surface area contributed by atoms with Crippen LogP contribution in [0.25, 0.3) is 0 Å². The van der Waals surface area contributed by atoms with Crippen LogP contribution in [-0.2, 0) is 23.8 Å². The van der Waals surface area contributed by atoms with Gasteiger partial charge in [-0.15, -0.1) is 10.2 Å². The minimum atomic E-state index is -1.44. The molecular weight excluding hydrogens is 460 g/mol. The Kier molecular flexibility index (Phi) is 6.75. The number of amides is 1. The minimum absolute atomic E-state index is 0.210. The summed E-state index contributed by atoms with van der Waals surface area (Å²) in [5.74, 6) is -2.27. The summed E-state index contributed by atoms with van der Waals surface area (Å²) < 4.78 is 16.9. The van der Waals surface area contributed by atoms with Gasteiger partial charge in [0.05, 0.1) is 5.92 Å². The standard InChI is InChI=1S/C23H36N4O6S/c1-20(2,3)31-16(28)14-13-12(34-18-24-11-25-27-18)10-23(15(13)14,17(29)32-21(4,5)6)26-19(30)33-22(7,8)9/h11-15H,10H2,1-9H3,(H,26,30)(H,24,25,27)/t12-,13+,14+,15+,23+/m1/s1. The lowest BCUT2D eigenvalue weighted by molar-refractivity contribution is -0.165. The minimum Gasteiger partial charge on any atom is -0.460 e. The Morgan fingerprint density at radius 1 is 1.00 bits per heavy atom. The van der Waals surface area contributed by atoms with E-state index in [2.05, 4.69) is 20.5 Å². The van der Waals surface area contributed by atoms with E-state index in [4.69, 9.17) is 14.2 Å². The zero-order valence-corrected chi connectivity index (χ0v) is 22.2. The van der Waals surface area contributed by atoms with E-state index in [1.165, 1.54) is 18.1 Å². The Labute approximate surface area is 204 Å². The number of rotatable bonds is 5. The van der Waals surface area contributed by atoms with Crippen molar-refractivity contribution in [2.24, 2.45) is 17.8 Å². The number of carbonyl (C=O) groups is 3. The molecule has 0 bridgehead atoms. The van der Waals surface area contributed by atoms with Gasteiger partial charge in [0, 0.05) is 11.2 Å². The fraction of sp³-hybridized carbons (Fsp3) is 0.783. The lowest BCUT2D eigenvalue weighted by Gasteiger charge is -2.35. The molecule has 190 valence electrons. The van der Waals surface area contributed by atoms with E-state index in [9.17, 15) is 14.4 Å². The van der Waals surface area contributed by atoms with Crippen LogP contribution in [0.4, 0.5) is 4.79 Å². The van der Waals surface area contributed by atoms with Crippen molar-refractivity contribution in [1.82, 2.24) is 20.5 Å². The third-order valence-electron chi connectivity index (χ3n) is 5.42. The zero-order chi connectivity index (χ0) is 25.7. The van der Waals surface area contributed by atoms with Crippen molar-refractivity contribution in [3.05, 3.63) is 6.33 Å². The Morgan fingerprint density at radius 2 is 1.59 bits per heavy atom. The number of aromatic nitrogens is 3. The van der Waals surface area contributed by atoms with Crippen LogP contribution in [0.2, 0.25) is 0 Å². The maximum Gasteiger partial charge on any atom is 0.408 e. The molecule has 2 saturated carbocycles. The molecule has 1 aromatic heterocycles. The Morgan fingerprint density at radius 3 is 2.09 bits per heavy atom. The molecule has 1 heterocycles. The third-order valence-corrected chi connectivity index (χ3v) is 6.63. The number of ether oxygens (including phenoxy) is 3. The summed E-state index contributed by atoms with van der Waals surface area (Å²) in [4.78, 5) is 42.6. The van der Waals surface area contributed by atoms with E-state index in [0.29, 0.717) is 5.16 Å². The molecule has 11 heteroatoms. The quantitative estimate of drug-likeness (QED) is 0.464. The molecule has 5 atom stereocenters. The molecule has 2 fully saturated rings. The molecule has 3 rings (SSSR count). The monoisotopic (exact) mass is 496 g/mol. The van der Waals surface area contributed by atoms with Crippen LogP contribution < -0.4 is 5.32 Å². The van der Waals surface area contributed by atoms with Crippen LogP contribution in [0.1, 0.15) is 68.7 Å². The SMILES string of the molecule is CC(C)(C)OC(=O)N[C@@]1(C(=O)OC(C)(C)C)C[C@@H](Sc2nnc[nH]2)[C@H]2[C@H](C(=O)OC(C)(C)C)[C@H]21. The van der Waals surface area contributed by atoms with Crippen LogP contribution >= 0.6 is 11.8 Å². The van der Waals surface area contributed by atoms with Gasteiger partial charge >= 0.3 is 18.0 Å². The number of hydrogen-bond donors (Lipinski definition) is 2. The summed E-state index contributed by atoms with van der Waals surface area (Å²) in [6, 6.07) is 0. The number of aromatic amines is 1. The van der Waals surface area contributed by atoms with Gasteiger partial charge in [-0.2, -0.15) is 0 Å². The van der Waals surface area contributed by atoms with Gasteiger partial charge in [0.15, 0.2) is 5.16 Å². The van der Waals surface area contributed by atoms with Crippen molar-refractivity contribution in [2.45, 2.75) is 101 Å². The van der Waals surface area contributed by atoms with Crippen LogP contribution in [-0.4, -0.2) is 60.8 Å². The van der Waals surface area contributed by atoms with Crippen molar-refractivity contribution in [2.75, 3.05) is 0 Å². The molecule has 0 aromatic carbocycles. The number of esters is 2. The summed E-state index contributed by atoms with van der Waals surface area (Å²) >= 11 is 1.39. The normalized spacial score (nSPS) is 28.6. The summed E-state index contributed by atoms with van der Waals surface area (Å²) in [6.45, 7) is 15.9. The van der Waals surface area contributed by atoms with E-state index >= 15 is 0 Å². The van der Waals surface area contributed by atoms with Crippen molar-refractivity contribution in [1.29, 1.82) is 0 Å². The predicted molar refractivity (Wildman–Crippen MR) is 125 cm³/mol. The number of fused-ring (bicyclic) bond motifs is 1. The number of hydrogen-bond acceptors (Lipinski definition) is 9. The van der Waals surface area contributed by atoms with E-state index in [-0.39, 0.29) is 17.6 Å². The van der Waals surface area contributed by atoms with E-state index in [0.717, 1.165) is 0 Å². The van der Waals surface area contributed by atoms with Gasteiger partial charge in [0.1, 0.15) is 28.7 Å². The first-order valence-corrected chi connectivity index (χ1v) is 12.3. The third kappa shape index (κ3) is 6.03. The van der Waals surface area contributed by atoms with E-state index < -0.39 is 52.2 Å². The van der Waals surface area contributed by atoms with Crippen molar-refractivity contribution >= 4 is 29.8 Å². The van der Waals surface area contributed by atoms with Crippen molar-refractivity contribution in [3.8, 4) is 0 Å². The van der Waals surface area contributed by atoms with Gasteiger partial charge in [-0.25, -0.2) is 9.59 Å². The highest BCUT2D eigenvalue weighted by Gasteiger charge is 2.77. The highest BCUT2D eigenvalue weighted by molar-refractivity contribution is 7.99. The number of carbonyl (C=O) groups excluding carboxylic acids is 3. The highest BCUT2D eigenvalue weighted by Crippen LogP contribution is 2.66. The van der Waals surface area contributed by atoms with Crippen molar-refractivity contribution in [3.63, 3.8) is 0 Å². The predicted octanol–water partition coefficient (Wildman–Crippen LogP) is 3.48. The maximum atomic E-state index is 13.6. The summed E-state index contributed by atoms with van der Waals surface area (Å²) in [5.41, 5.74) is -3.69. The second-order valence-electron chi connectivity index (χ2n) is 11.9. The molecule has 2 aliphatic carbocycles. The van der Waals surface area contributed by atoms with E-state index in [1.54, 1.807) is 62.3 Å². The van der Waals surface area contributed by atoms with Gasteiger partial charge in [0.25, 0.3) is 0 Å². The van der Waals surface area contributed by atoms with Crippen LogP contribution in [0, 0.1) is 17.8 Å². The number of alkyl carbamates (subject to hydrolysis) is 1. The average molecular weight is 497 g/mol. The largest absolute Gasteiger partial charge is 0.460 e. The number of nitrogens with zero attached hydrogens (tertiary/aromatic N) is 2. The number of nitrogens with one attached hydrogen (secondary N) is 2. The summed E-state index contributed by atoms with van der Waals surface area (Å²) in [6.07, 6.45) is 0.978. The number of H-pyrrole nitrogens is 1. The molecule has 2 aliphatic rings. The van der Waals surface area contributed by atoms with Gasteiger partial charge in [-0.1, -0.05) is 11.8 Å². The maximum absolute atomic E-state index is 13.6. The smallest absolute Gasteiger partial charge is 0.408 e. The molecule has 34 heavy (non-hydrogen) atoms. The molecule has 1 aromatic rings. The summed E-state index contributed by atoms with van der Waals surface area (Å²) in [7, 11) is 0. The average Bonchev–Trinajstić information content (AvgIpc) is 3.00. The molecule has 0 aliphatic heterocycles. The fourth-order valence-corrected chi connectivity index (χ4v) is 5.81. The van der Waals surface area contributed by atoms with E-state index in [1.807, 2.05) is 0 Å². The molecule has 10 nitrogen and oxygen atoms in total. The van der Waals surface area contributed by atoms with Gasteiger partial charge in [-0.3, -0.25) is 4.79 Å². The Balaban J connectivity index is 1.98. The Hall–Kier alpha value is -2.30. The zero-order valence-electron chi connectivity index (χ0n) is 21.3. The van der Waals surface area contributed by atoms with Crippen LogP contribution in [0.5, 0.6) is 0 Å². The van der Waals surface area contributed by atoms with Crippen molar-refractivity contribution < 1.29 is 28.6 Å². The second kappa shape index (κ2) is 8.73. The topological polar surface area (TPSA) is 132 Å². The van der Waals surface area contributed by atoms with Gasteiger partial charge in [-0.05, 0) is 74.7 Å². The summed E-state index contributed by atoms with van der Waals surface area (Å²) in [5, 5.41) is 11.0. The van der Waals surface area contributed by atoms with Crippen LogP contribution in [0.15, 0.2) is 11.5 Å². The van der Waals surface area contributed by atoms with Crippen LogP contribution in [0.3, 0.4) is 0 Å². The molecule has 0 saturated heterocycles. The first kappa shape index (κ1) is 26.3. The Bertz CT molecular complexity index is 931. The second-order valence-corrected chi connectivity index (χ2v) is 13.1. The van der Waals surface area contributed by atoms with Gasteiger partial charge in [0.2, 0.25) is 0 Å². The molecule has 0 spiro atoms. The fourth-order valence-electron chi connectivity index (χ4n) is 4.47. The lowest BCUT2D eigenvalue weighted by atomic mass is 9.89. The first-order valence-electron chi connectivity index (χ1n) is 11.4. The highest BCUT2D eigenvalue weighted by atomic mass is 32.2. The molecule has 2 N–H and O–H groups in total. The lowest BCUT2D eigenvalue weighted by Crippen LogP contribution is -2.59. The molecular formula is C23H36N4O6S. The molecule has 1 amide bonds. The first-order chi connectivity index (χ1) is 15.4. The van der Waals surface area contributed by atoms with Gasteiger partial charge < -0.3 is 24.5 Å². The molecule has 0 unspecified atom stereocenters.